The predicted octanol–water partition coefficient (Wildman–Crippen LogP) is 5.48. The Morgan fingerprint density at radius 1 is 0.939 bits per heavy atom. The highest BCUT2D eigenvalue weighted by molar-refractivity contribution is 5.98. The van der Waals surface area contributed by atoms with Crippen molar-refractivity contribution in [3.8, 4) is 0 Å². The molecule has 0 saturated carbocycles. The molecule has 33 heavy (non-hydrogen) atoms. The number of carbonyl (C=O) groups is 1. The maximum atomic E-state index is 13.8. The van der Waals surface area contributed by atoms with Crippen molar-refractivity contribution in [1.82, 2.24) is 9.88 Å². The van der Waals surface area contributed by atoms with Gasteiger partial charge < -0.3 is 0 Å². The molecule has 7 heteroatoms. The monoisotopic (exact) mass is 453 g/mol. The van der Waals surface area contributed by atoms with Crippen molar-refractivity contribution in [2.45, 2.75) is 38.0 Å². The number of halogens is 3. The highest BCUT2D eigenvalue weighted by Crippen LogP contribution is 2.43. The molecule has 1 fully saturated rings. The topological polar surface area (TPSA) is 36.4 Å². The van der Waals surface area contributed by atoms with Crippen molar-refractivity contribution in [2.75, 3.05) is 18.0 Å². The van der Waals surface area contributed by atoms with E-state index in [4.69, 9.17) is 0 Å². The summed E-state index contributed by atoms with van der Waals surface area (Å²) in [5.41, 5.74) is 1.35. The van der Waals surface area contributed by atoms with Crippen LogP contribution in [0.2, 0.25) is 0 Å². The van der Waals surface area contributed by atoms with E-state index in [2.05, 4.69) is 9.88 Å². The average molecular weight is 454 g/mol. The maximum Gasteiger partial charge on any atom is 0.471 e. The van der Waals surface area contributed by atoms with Crippen molar-refractivity contribution in [3.63, 3.8) is 0 Å². The van der Waals surface area contributed by atoms with Gasteiger partial charge in [-0.25, -0.2) is 0 Å². The van der Waals surface area contributed by atoms with Crippen LogP contribution in [0.3, 0.4) is 0 Å². The number of rotatable bonds is 5. The number of aryl methyl sites for hydroxylation is 1. The van der Waals surface area contributed by atoms with Gasteiger partial charge in [-0.05, 0) is 49.6 Å². The molecule has 3 aromatic rings. The number of anilines is 1. The summed E-state index contributed by atoms with van der Waals surface area (Å²) in [4.78, 5) is 20.6. The Labute approximate surface area is 191 Å². The van der Waals surface area contributed by atoms with Crippen LogP contribution in [0.5, 0.6) is 0 Å². The third kappa shape index (κ3) is 4.93. The largest absolute Gasteiger partial charge is 0.471 e. The van der Waals surface area contributed by atoms with Crippen molar-refractivity contribution in [2.24, 2.45) is 0 Å². The van der Waals surface area contributed by atoms with Crippen LogP contribution in [0, 0.1) is 6.92 Å². The van der Waals surface area contributed by atoms with Crippen LogP contribution in [0.25, 0.3) is 0 Å². The minimum atomic E-state index is -5.01. The molecule has 0 unspecified atom stereocenters. The number of pyridine rings is 1. The van der Waals surface area contributed by atoms with Gasteiger partial charge in [0.25, 0.3) is 0 Å². The summed E-state index contributed by atoms with van der Waals surface area (Å²) < 4.78 is 41.5. The van der Waals surface area contributed by atoms with Gasteiger partial charge in [-0.3, -0.25) is 19.6 Å². The summed E-state index contributed by atoms with van der Waals surface area (Å²) >= 11 is 0. The summed E-state index contributed by atoms with van der Waals surface area (Å²) in [5.74, 6) is -1.87. The van der Waals surface area contributed by atoms with Crippen LogP contribution in [-0.4, -0.2) is 35.1 Å². The molecule has 0 aliphatic carbocycles. The van der Waals surface area contributed by atoms with E-state index in [9.17, 15) is 18.0 Å². The molecule has 1 saturated heterocycles. The number of piperidine rings is 1. The number of amides is 1. The fourth-order valence-corrected chi connectivity index (χ4v) is 4.58. The molecule has 0 spiro atoms. The van der Waals surface area contributed by atoms with Gasteiger partial charge in [0.1, 0.15) is 0 Å². The van der Waals surface area contributed by atoms with Gasteiger partial charge >= 0.3 is 12.1 Å². The molecular weight excluding hydrogens is 427 g/mol. The van der Waals surface area contributed by atoms with Crippen LogP contribution >= 0.6 is 0 Å². The number of hydrogen-bond donors (Lipinski definition) is 0. The molecule has 0 atom stereocenters. The van der Waals surface area contributed by atoms with E-state index >= 15 is 0 Å². The lowest BCUT2D eigenvalue weighted by Crippen LogP contribution is -2.59. The lowest BCUT2D eigenvalue weighted by Gasteiger charge is -2.48. The molecular formula is C26H26F3N3O. The first-order valence-electron chi connectivity index (χ1n) is 11.0. The second-order valence-electron chi connectivity index (χ2n) is 8.43. The summed E-state index contributed by atoms with van der Waals surface area (Å²) in [6.45, 7) is 3.59. The third-order valence-corrected chi connectivity index (χ3v) is 6.19. The van der Waals surface area contributed by atoms with Crippen LogP contribution < -0.4 is 4.90 Å². The van der Waals surface area contributed by atoms with E-state index in [0.29, 0.717) is 43.9 Å². The molecule has 1 aromatic heterocycles. The van der Waals surface area contributed by atoms with Gasteiger partial charge in [0.05, 0.1) is 11.2 Å². The number of benzene rings is 2. The van der Waals surface area contributed by atoms with Gasteiger partial charge in [-0.2, -0.15) is 13.2 Å². The Morgan fingerprint density at radius 3 is 2.12 bits per heavy atom. The summed E-state index contributed by atoms with van der Waals surface area (Å²) in [7, 11) is 0. The maximum absolute atomic E-state index is 13.8. The van der Waals surface area contributed by atoms with E-state index in [1.54, 1.807) is 55.5 Å². The first-order chi connectivity index (χ1) is 15.8. The molecule has 1 aliphatic heterocycles. The number of carbonyl (C=O) groups excluding carboxylic acids is 1. The van der Waals surface area contributed by atoms with E-state index in [-0.39, 0.29) is 5.69 Å². The van der Waals surface area contributed by atoms with E-state index in [1.165, 1.54) is 0 Å². The molecule has 4 nitrogen and oxygen atoms in total. The first-order valence-corrected chi connectivity index (χ1v) is 11.0. The number of alkyl halides is 3. The van der Waals surface area contributed by atoms with E-state index < -0.39 is 17.6 Å². The van der Waals surface area contributed by atoms with Crippen molar-refractivity contribution in [3.05, 3.63) is 95.8 Å². The van der Waals surface area contributed by atoms with E-state index in [1.807, 2.05) is 30.3 Å². The molecule has 172 valence electrons. The Bertz CT molecular complexity index is 1080. The zero-order valence-electron chi connectivity index (χ0n) is 18.4. The summed E-state index contributed by atoms with van der Waals surface area (Å²) in [6.07, 6.45) is -4.33. The lowest BCUT2D eigenvalue weighted by atomic mass is 9.81. The van der Waals surface area contributed by atoms with Crippen LogP contribution in [0.15, 0.2) is 78.9 Å². The molecule has 0 bridgehead atoms. The Balaban J connectivity index is 1.75. The van der Waals surface area contributed by atoms with Gasteiger partial charge in [0.2, 0.25) is 0 Å². The number of hydrogen-bond acceptors (Lipinski definition) is 3. The quantitative estimate of drug-likeness (QED) is 0.514. The summed E-state index contributed by atoms with van der Waals surface area (Å²) in [5, 5.41) is 0. The molecule has 4 rings (SSSR count). The average Bonchev–Trinajstić information content (AvgIpc) is 2.81. The van der Waals surface area contributed by atoms with E-state index in [0.717, 1.165) is 10.5 Å². The van der Waals surface area contributed by atoms with Crippen molar-refractivity contribution < 1.29 is 18.0 Å². The lowest BCUT2D eigenvalue weighted by molar-refractivity contribution is -0.172. The first kappa shape index (κ1) is 23.0. The predicted molar refractivity (Wildman–Crippen MR) is 122 cm³/mol. The highest BCUT2D eigenvalue weighted by atomic mass is 19.4. The SMILES string of the molecule is Cc1cccc(C2(N(C(=O)C(F)(F)F)c3ccccc3)CCN(Cc3ccccc3)CC2)n1. The molecule has 0 radical (unpaired) electrons. The molecule has 1 amide bonds. The van der Waals surface area contributed by atoms with Crippen LogP contribution in [-0.2, 0) is 16.9 Å². The minimum Gasteiger partial charge on any atom is -0.299 e. The van der Waals surface area contributed by atoms with Gasteiger partial charge in [-0.15, -0.1) is 0 Å². The fraction of sp³-hybridized carbons (Fsp3) is 0.308. The van der Waals surface area contributed by atoms with Gasteiger partial charge in [0.15, 0.2) is 0 Å². The zero-order chi connectivity index (χ0) is 23.5. The molecule has 0 N–H and O–H groups in total. The van der Waals surface area contributed by atoms with Crippen LogP contribution in [0.1, 0.15) is 29.8 Å². The minimum absolute atomic E-state index is 0.222. The Morgan fingerprint density at radius 2 is 1.55 bits per heavy atom. The second-order valence-corrected chi connectivity index (χ2v) is 8.43. The van der Waals surface area contributed by atoms with Crippen molar-refractivity contribution in [1.29, 1.82) is 0 Å². The van der Waals surface area contributed by atoms with Crippen molar-refractivity contribution >= 4 is 11.6 Å². The summed E-state index contributed by atoms with van der Waals surface area (Å²) in [6, 6.07) is 23.4. The Kier molecular flexibility index (Phi) is 6.51. The molecule has 2 heterocycles. The zero-order valence-corrected chi connectivity index (χ0v) is 18.4. The number of para-hydroxylation sites is 1. The highest BCUT2D eigenvalue weighted by Gasteiger charge is 2.53. The normalized spacial score (nSPS) is 16.4. The smallest absolute Gasteiger partial charge is 0.299 e. The number of nitrogens with zero attached hydrogens (tertiary/aromatic N) is 3. The number of aromatic nitrogens is 1. The Hall–Kier alpha value is -3.19. The standard InChI is InChI=1S/C26H26F3N3O/c1-20-9-8-14-23(30-20)25(15-17-31(18-16-25)19-21-10-4-2-5-11-21)32(24(33)26(27,28)29)22-12-6-3-7-13-22/h2-14H,15-19H2,1H3. The molecule has 1 aliphatic rings. The van der Waals surface area contributed by atoms with Gasteiger partial charge in [0, 0.05) is 31.0 Å². The third-order valence-electron chi connectivity index (χ3n) is 6.19. The van der Waals surface area contributed by atoms with Gasteiger partial charge in [-0.1, -0.05) is 54.6 Å². The fourth-order valence-electron chi connectivity index (χ4n) is 4.58. The molecule has 2 aromatic carbocycles. The van der Waals surface area contributed by atoms with Crippen LogP contribution in [0.4, 0.5) is 18.9 Å². The number of likely N-dealkylation sites (tertiary alicyclic amines) is 1. The second kappa shape index (κ2) is 9.35.